The maximum atomic E-state index is 5.71. The summed E-state index contributed by atoms with van der Waals surface area (Å²) in [4.78, 5) is 10.7. The molecule has 4 heteroatoms. The molecule has 0 spiro atoms. The van der Waals surface area contributed by atoms with Crippen molar-refractivity contribution in [2.24, 2.45) is 5.73 Å². The molecule has 13 heavy (non-hydrogen) atoms. The van der Waals surface area contributed by atoms with E-state index in [1.807, 2.05) is 6.92 Å². The lowest BCUT2D eigenvalue weighted by molar-refractivity contribution is 0.747. The van der Waals surface area contributed by atoms with Gasteiger partial charge in [-0.15, -0.1) is 11.3 Å². The third-order valence-corrected chi connectivity index (χ3v) is 2.79. The van der Waals surface area contributed by atoms with E-state index < -0.39 is 0 Å². The summed E-state index contributed by atoms with van der Waals surface area (Å²) in [6.07, 6.45) is 4.34. The highest BCUT2D eigenvalue weighted by Crippen LogP contribution is 2.22. The predicted octanol–water partition coefficient (Wildman–Crippen LogP) is 1.58. The van der Waals surface area contributed by atoms with Gasteiger partial charge in [0.1, 0.15) is 4.83 Å². The Hall–Kier alpha value is -1.00. The van der Waals surface area contributed by atoms with Gasteiger partial charge in [-0.25, -0.2) is 4.98 Å². The van der Waals surface area contributed by atoms with Crippen molar-refractivity contribution in [1.82, 2.24) is 9.97 Å². The molecule has 2 aromatic rings. The summed E-state index contributed by atoms with van der Waals surface area (Å²) in [6.45, 7) is 2.01. The van der Waals surface area contributed by atoms with Crippen molar-refractivity contribution in [3.8, 4) is 0 Å². The standard InChI is InChI=1S/C9H11N3S/c1-6(10)4-7-5-8-9(13-7)12-3-2-11-8/h2-3,5-6H,4,10H2,1H3. The third-order valence-electron chi connectivity index (χ3n) is 1.74. The highest BCUT2D eigenvalue weighted by atomic mass is 32.1. The van der Waals surface area contributed by atoms with Crippen LogP contribution in [-0.4, -0.2) is 16.0 Å². The molecule has 2 heterocycles. The number of nitrogens with two attached hydrogens (primary N) is 1. The first-order chi connectivity index (χ1) is 6.25. The minimum atomic E-state index is 0.202. The molecule has 0 aliphatic rings. The second kappa shape index (κ2) is 3.40. The van der Waals surface area contributed by atoms with E-state index in [2.05, 4.69) is 16.0 Å². The van der Waals surface area contributed by atoms with Crippen molar-refractivity contribution in [3.05, 3.63) is 23.3 Å². The number of rotatable bonds is 2. The van der Waals surface area contributed by atoms with Gasteiger partial charge in [-0.2, -0.15) is 0 Å². The van der Waals surface area contributed by atoms with Crippen molar-refractivity contribution >= 4 is 21.7 Å². The molecule has 0 aromatic carbocycles. The summed E-state index contributed by atoms with van der Waals surface area (Å²) in [5.41, 5.74) is 6.69. The fraction of sp³-hybridized carbons (Fsp3) is 0.333. The molecule has 0 saturated carbocycles. The molecule has 0 aliphatic heterocycles. The van der Waals surface area contributed by atoms with E-state index in [9.17, 15) is 0 Å². The largest absolute Gasteiger partial charge is 0.328 e. The zero-order chi connectivity index (χ0) is 9.26. The molecule has 2 N–H and O–H groups in total. The van der Waals surface area contributed by atoms with E-state index in [4.69, 9.17) is 5.73 Å². The van der Waals surface area contributed by atoms with Gasteiger partial charge in [0, 0.05) is 23.3 Å². The summed E-state index contributed by atoms with van der Waals surface area (Å²) in [7, 11) is 0. The quantitative estimate of drug-likeness (QED) is 0.787. The van der Waals surface area contributed by atoms with Gasteiger partial charge in [0.15, 0.2) is 0 Å². The van der Waals surface area contributed by atoms with Gasteiger partial charge >= 0.3 is 0 Å². The van der Waals surface area contributed by atoms with Crippen LogP contribution in [0.3, 0.4) is 0 Å². The minimum Gasteiger partial charge on any atom is -0.328 e. The lowest BCUT2D eigenvalue weighted by Crippen LogP contribution is -2.16. The van der Waals surface area contributed by atoms with Gasteiger partial charge in [-0.05, 0) is 19.4 Å². The summed E-state index contributed by atoms with van der Waals surface area (Å²) < 4.78 is 0. The predicted molar refractivity (Wildman–Crippen MR) is 54.8 cm³/mol. The number of thiophene rings is 1. The monoisotopic (exact) mass is 193 g/mol. The first kappa shape index (κ1) is 8.59. The zero-order valence-electron chi connectivity index (χ0n) is 7.40. The molecule has 0 radical (unpaired) electrons. The minimum absolute atomic E-state index is 0.202. The Bertz CT molecular complexity index is 375. The molecular weight excluding hydrogens is 182 g/mol. The maximum absolute atomic E-state index is 5.71. The first-order valence-electron chi connectivity index (χ1n) is 4.21. The molecule has 1 atom stereocenters. The Morgan fingerprint density at radius 1 is 1.46 bits per heavy atom. The van der Waals surface area contributed by atoms with Crippen LogP contribution in [-0.2, 0) is 6.42 Å². The Morgan fingerprint density at radius 3 is 2.92 bits per heavy atom. The fourth-order valence-electron chi connectivity index (χ4n) is 1.24. The molecule has 0 amide bonds. The third kappa shape index (κ3) is 1.84. The number of aromatic nitrogens is 2. The van der Waals surface area contributed by atoms with Gasteiger partial charge in [0.05, 0.1) is 5.52 Å². The molecule has 2 rings (SSSR count). The van der Waals surface area contributed by atoms with Gasteiger partial charge in [-0.3, -0.25) is 4.98 Å². The first-order valence-corrected chi connectivity index (χ1v) is 5.02. The fourth-order valence-corrected chi connectivity index (χ4v) is 2.33. The van der Waals surface area contributed by atoms with Gasteiger partial charge < -0.3 is 5.73 Å². The van der Waals surface area contributed by atoms with Crippen molar-refractivity contribution in [1.29, 1.82) is 0 Å². The molecule has 0 aliphatic carbocycles. The molecular formula is C9H11N3S. The van der Waals surface area contributed by atoms with Crippen LogP contribution in [0, 0.1) is 0 Å². The van der Waals surface area contributed by atoms with Crippen LogP contribution >= 0.6 is 11.3 Å². The summed E-state index contributed by atoms with van der Waals surface area (Å²) >= 11 is 1.67. The Labute approximate surface area is 80.6 Å². The lowest BCUT2D eigenvalue weighted by Gasteiger charge is -1.99. The van der Waals surface area contributed by atoms with Crippen LogP contribution in [0.25, 0.3) is 10.3 Å². The second-order valence-electron chi connectivity index (χ2n) is 3.14. The number of fused-ring (bicyclic) bond motifs is 1. The van der Waals surface area contributed by atoms with Crippen LogP contribution in [0.4, 0.5) is 0 Å². The number of hydrogen-bond donors (Lipinski definition) is 1. The van der Waals surface area contributed by atoms with E-state index in [0.717, 1.165) is 16.8 Å². The molecule has 3 nitrogen and oxygen atoms in total. The average Bonchev–Trinajstić information content (AvgIpc) is 2.44. The van der Waals surface area contributed by atoms with Crippen LogP contribution in [0.15, 0.2) is 18.5 Å². The number of nitrogens with zero attached hydrogens (tertiary/aromatic N) is 2. The van der Waals surface area contributed by atoms with E-state index in [-0.39, 0.29) is 6.04 Å². The molecule has 1 unspecified atom stereocenters. The normalized spacial score (nSPS) is 13.4. The summed E-state index contributed by atoms with van der Waals surface area (Å²) in [5, 5.41) is 0. The highest BCUT2D eigenvalue weighted by molar-refractivity contribution is 7.18. The van der Waals surface area contributed by atoms with Gasteiger partial charge in [0.25, 0.3) is 0 Å². The molecule has 0 saturated heterocycles. The van der Waals surface area contributed by atoms with Gasteiger partial charge in [-0.1, -0.05) is 0 Å². The summed E-state index contributed by atoms with van der Waals surface area (Å²) in [5.74, 6) is 0. The van der Waals surface area contributed by atoms with Crippen molar-refractivity contribution < 1.29 is 0 Å². The Kier molecular flexibility index (Phi) is 2.24. The van der Waals surface area contributed by atoms with Crippen molar-refractivity contribution in [2.75, 3.05) is 0 Å². The SMILES string of the molecule is CC(N)Cc1cc2nccnc2s1. The molecule has 68 valence electrons. The van der Waals surface area contributed by atoms with E-state index in [0.29, 0.717) is 0 Å². The average molecular weight is 193 g/mol. The van der Waals surface area contributed by atoms with Crippen LogP contribution in [0.2, 0.25) is 0 Å². The van der Waals surface area contributed by atoms with Crippen LogP contribution in [0.1, 0.15) is 11.8 Å². The lowest BCUT2D eigenvalue weighted by atomic mass is 10.2. The van der Waals surface area contributed by atoms with E-state index >= 15 is 0 Å². The van der Waals surface area contributed by atoms with E-state index in [1.165, 1.54) is 4.88 Å². The zero-order valence-corrected chi connectivity index (χ0v) is 8.21. The van der Waals surface area contributed by atoms with Gasteiger partial charge in [0.2, 0.25) is 0 Å². The molecule has 2 aromatic heterocycles. The van der Waals surface area contributed by atoms with E-state index in [1.54, 1.807) is 23.7 Å². The van der Waals surface area contributed by atoms with Crippen molar-refractivity contribution in [2.45, 2.75) is 19.4 Å². The molecule has 0 fully saturated rings. The molecule has 0 bridgehead atoms. The van der Waals surface area contributed by atoms with Crippen LogP contribution < -0.4 is 5.73 Å². The highest BCUT2D eigenvalue weighted by Gasteiger charge is 2.04. The summed E-state index contributed by atoms with van der Waals surface area (Å²) in [6, 6.07) is 2.27. The Balaban J connectivity index is 2.38. The smallest absolute Gasteiger partial charge is 0.142 e. The Morgan fingerprint density at radius 2 is 2.23 bits per heavy atom. The van der Waals surface area contributed by atoms with Crippen molar-refractivity contribution in [3.63, 3.8) is 0 Å². The van der Waals surface area contributed by atoms with Crippen LogP contribution in [0.5, 0.6) is 0 Å². The number of hydrogen-bond acceptors (Lipinski definition) is 4. The second-order valence-corrected chi connectivity index (χ2v) is 4.26. The maximum Gasteiger partial charge on any atom is 0.142 e. The topological polar surface area (TPSA) is 51.8 Å².